The summed E-state index contributed by atoms with van der Waals surface area (Å²) in [5.74, 6) is 3.80. The molecule has 4 aliphatic carbocycles. The van der Waals surface area contributed by atoms with E-state index in [0.29, 0.717) is 23.9 Å². The molecule has 7 rings (SSSR count). The zero-order valence-electron chi connectivity index (χ0n) is 18.7. The van der Waals surface area contributed by atoms with Crippen molar-refractivity contribution in [3.63, 3.8) is 0 Å². The average Bonchev–Trinajstić information content (AvgIpc) is 2.75. The van der Waals surface area contributed by atoms with Gasteiger partial charge in [-0.25, -0.2) is 9.97 Å². The fourth-order valence-corrected chi connectivity index (χ4v) is 7.29. The summed E-state index contributed by atoms with van der Waals surface area (Å²) in [5.41, 5.74) is 1.63. The summed E-state index contributed by atoms with van der Waals surface area (Å²) in [7, 11) is 1.69. The van der Waals surface area contributed by atoms with Crippen molar-refractivity contribution < 1.29 is 9.84 Å². The van der Waals surface area contributed by atoms with Crippen molar-refractivity contribution in [2.24, 2.45) is 17.8 Å². The Morgan fingerprint density at radius 2 is 1.84 bits per heavy atom. The van der Waals surface area contributed by atoms with E-state index in [4.69, 9.17) is 14.7 Å². The fourth-order valence-electron chi connectivity index (χ4n) is 7.29. The molecular formula is C25H34N4O2. The van der Waals surface area contributed by atoms with E-state index in [1.807, 2.05) is 18.2 Å². The van der Waals surface area contributed by atoms with Crippen molar-refractivity contribution in [3.8, 4) is 5.75 Å². The van der Waals surface area contributed by atoms with Crippen LogP contribution >= 0.6 is 0 Å². The van der Waals surface area contributed by atoms with E-state index in [1.165, 1.54) is 12.8 Å². The Labute approximate surface area is 184 Å². The normalized spacial score (nSPS) is 35.1. The third-order valence-electron chi connectivity index (χ3n) is 8.53. The second-order valence-electron chi connectivity index (χ2n) is 10.6. The largest absolute Gasteiger partial charge is 0.497 e. The molecule has 5 fully saturated rings. The van der Waals surface area contributed by atoms with Crippen molar-refractivity contribution in [1.29, 1.82) is 0 Å². The number of aryl methyl sites for hydroxylation is 1. The van der Waals surface area contributed by atoms with Gasteiger partial charge >= 0.3 is 0 Å². The Morgan fingerprint density at radius 3 is 2.52 bits per heavy atom. The SMILES string of the molecule is COc1ccc2c(C)nc(N3CCC(NC4C5CC6CC4CC(O)(C6)C5)CC3)nc2c1. The van der Waals surface area contributed by atoms with Crippen LogP contribution in [0.25, 0.3) is 10.9 Å². The monoisotopic (exact) mass is 422 g/mol. The van der Waals surface area contributed by atoms with Crippen molar-refractivity contribution in [2.45, 2.75) is 69.6 Å². The van der Waals surface area contributed by atoms with Crippen molar-refractivity contribution >= 4 is 16.9 Å². The molecule has 4 saturated carbocycles. The Bertz CT molecular complexity index is 971. The first-order valence-electron chi connectivity index (χ1n) is 12.1. The Morgan fingerprint density at radius 1 is 1.10 bits per heavy atom. The number of hydrogen-bond acceptors (Lipinski definition) is 6. The predicted octanol–water partition coefficient (Wildman–Crippen LogP) is 3.44. The number of fused-ring (bicyclic) bond motifs is 1. The van der Waals surface area contributed by atoms with Gasteiger partial charge in [-0.15, -0.1) is 0 Å². The van der Waals surface area contributed by atoms with Gasteiger partial charge in [0.05, 0.1) is 23.9 Å². The lowest BCUT2D eigenvalue weighted by Gasteiger charge is -2.59. The Balaban J connectivity index is 1.12. The van der Waals surface area contributed by atoms with Gasteiger partial charge in [-0.1, -0.05) is 0 Å². The Kier molecular flexibility index (Phi) is 4.65. The summed E-state index contributed by atoms with van der Waals surface area (Å²) in [6, 6.07) is 7.20. The molecule has 1 aliphatic heterocycles. The molecule has 166 valence electrons. The van der Waals surface area contributed by atoms with Gasteiger partial charge in [0, 0.05) is 36.6 Å². The van der Waals surface area contributed by atoms with Gasteiger partial charge in [0.1, 0.15) is 5.75 Å². The molecule has 0 amide bonds. The smallest absolute Gasteiger partial charge is 0.226 e. The second kappa shape index (κ2) is 7.31. The molecule has 6 nitrogen and oxygen atoms in total. The first-order valence-corrected chi connectivity index (χ1v) is 12.1. The lowest BCUT2D eigenvalue weighted by molar-refractivity contribution is -0.140. The van der Waals surface area contributed by atoms with Gasteiger partial charge in [-0.2, -0.15) is 0 Å². The molecule has 4 bridgehead atoms. The van der Waals surface area contributed by atoms with E-state index in [0.717, 1.165) is 79.4 Å². The topological polar surface area (TPSA) is 70.5 Å². The molecule has 1 aromatic carbocycles. The lowest BCUT2D eigenvalue weighted by Crippen LogP contribution is -2.62. The van der Waals surface area contributed by atoms with Crippen LogP contribution in [-0.2, 0) is 0 Å². The fraction of sp³-hybridized carbons (Fsp3) is 0.680. The summed E-state index contributed by atoms with van der Waals surface area (Å²) in [4.78, 5) is 12.0. The van der Waals surface area contributed by atoms with Crippen LogP contribution in [-0.4, -0.2) is 53.0 Å². The molecule has 0 radical (unpaired) electrons. The number of hydrogen-bond donors (Lipinski definition) is 2. The first-order chi connectivity index (χ1) is 15.0. The molecule has 31 heavy (non-hydrogen) atoms. The highest BCUT2D eigenvalue weighted by atomic mass is 16.5. The van der Waals surface area contributed by atoms with E-state index < -0.39 is 0 Å². The quantitative estimate of drug-likeness (QED) is 0.787. The zero-order valence-corrected chi connectivity index (χ0v) is 18.7. The number of ether oxygens (including phenoxy) is 1. The van der Waals surface area contributed by atoms with Gasteiger partial charge in [0.15, 0.2) is 0 Å². The average molecular weight is 423 g/mol. The molecule has 1 saturated heterocycles. The van der Waals surface area contributed by atoms with Gasteiger partial charge < -0.3 is 20.1 Å². The summed E-state index contributed by atoms with van der Waals surface area (Å²) < 4.78 is 5.38. The van der Waals surface area contributed by atoms with Crippen molar-refractivity contribution in [3.05, 3.63) is 23.9 Å². The minimum atomic E-state index is -0.341. The summed E-state index contributed by atoms with van der Waals surface area (Å²) in [5, 5.41) is 16.0. The van der Waals surface area contributed by atoms with E-state index >= 15 is 0 Å². The molecule has 0 spiro atoms. The van der Waals surface area contributed by atoms with Crippen LogP contribution in [0.4, 0.5) is 5.95 Å². The van der Waals surface area contributed by atoms with Gasteiger partial charge in [0.25, 0.3) is 0 Å². The number of anilines is 1. The van der Waals surface area contributed by atoms with Crippen molar-refractivity contribution in [1.82, 2.24) is 15.3 Å². The molecule has 1 aromatic heterocycles. The van der Waals surface area contributed by atoms with Crippen LogP contribution in [0.3, 0.4) is 0 Å². The Hall–Kier alpha value is -1.92. The van der Waals surface area contributed by atoms with Gasteiger partial charge in [-0.3, -0.25) is 0 Å². The summed E-state index contributed by atoms with van der Waals surface area (Å²) in [6.45, 7) is 4.04. The summed E-state index contributed by atoms with van der Waals surface area (Å²) in [6.07, 6.45) is 7.99. The summed E-state index contributed by atoms with van der Waals surface area (Å²) >= 11 is 0. The van der Waals surface area contributed by atoms with Gasteiger partial charge in [-0.05, 0) is 81.8 Å². The third-order valence-corrected chi connectivity index (χ3v) is 8.53. The number of benzene rings is 1. The predicted molar refractivity (Wildman–Crippen MR) is 121 cm³/mol. The first kappa shape index (κ1) is 19.7. The number of piperidine rings is 1. The minimum Gasteiger partial charge on any atom is -0.497 e. The second-order valence-corrected chi connectivity index (χ2v) is 10.6. The maximum atomic E-state index is 10.9. The standard InChI is InChI=1S/C25H34N4O2/c1-15-21-4-3-20(31-2)11-22(21)28-24(26-15)29-7-5-19(6-8-29)27-23-17-9-16-10-18(23)14-25(30,12-16)13-17/h3-4,11,16-19,23,27,30H,5-10,12-14H2,1-2H3. The molecule has 2 aromatic rings. The number of methoxy groups -OCH3 is 1. The zero-order chi connectivity index (χ0) is 21.2. The molecule has 5 aliphatic rings. The lowest BCUT2D eigenvalue weighted by atomic mass is 9.52. The molecular weight excluding hydrogens is 388 g/mol. The minimum absolute atomic E-state index is 0.341. The highest BCUT2D eigenvalue weighted by Crippen LogP contribution is 2.55. The van der Waals surface area contributed by atoms with Gasteiger partial charge in [0.2, 0.25) is 5.95 Å². The number of rotatable bonds is 4. The van der Waals surface area contributed by atoms with E-state index in [1.54, 1.807) is 7.11 Å². The molecule has 6 heteroatoms. The van der Waals surface area contributed by atoms with E-state index in [-0.39, 0.29) is 5.60 Å². The highest BCUT2D eigenvalue weighted by Gasteiger charge is 2.54. The van der Waals surface area contributed by atoms with E-state index in [9.17, 15) is 5.11 Å². The number of nitrogens with zero attached hydrogens (tertiary/aromatic N) is 3. The van der Waals surface area contributed by atoms with Crippen LogP contribution in [0.15, 0.2) is 18.2 Å². The van der Waals surface area contributed by atoms with Crippen LogP contribution in [0.5, 0.6) is 5.75 Å². The van der Waals surface area contributed by atoms with Crippen LogP contribution in [0, 0.1) is 24.7 Å². The molecule has 2 unspecified atom stereocenters. The number of nitrogens with one attached hydrogen (secondary N) is 1. The molecule has 2 N–H and O–H groups in total. The molecule has 2 heterocycles. The van der Waals surface area contributed by atoms with Crippen LogP contribution < -0.4 is 15.0 Å². The van der Waals surface area contributed by atoms with Crippen LogP contribution in [0.1, 0.15) is 50.6 Å². The number of aromatic nitrogens is 2. The van der Waals surface area contributed by atoms with E-state index in [2.05, 4.69) is 17.1 Å². The molecule has 2 atom stereocenters. The maximum absolute atomic E-state index is 10.9. The highest BCUT2D eigenvalue weighted by molar-refractivity contribution is 5.83. The number of aliphatic hydroxyl groups is 1. The maximum Gasteiger partial charge on any atom is 0.226 e. The van der Waals surface area contributed by atoms with Crippen molar-refractivity contribution in [2.75, 3.05) is 25.1 Å². The van der Waals surface area contributed by atoms with Crippen LogP contribution in [0.2, 0.25) is 0 Å². The third kappa shape index (κ3) is 3.48.